The van der Waals surface area contributed by atoms with Crippen LogP contribution in [0.15, 0.2) is 23.1 Å². The molecule has 0 radical (unpaired) electrons. The van der Waals surface area contributed by atoms with E-state index in [1.807, 2.05) is 18.2 Å². The summed E-state index contributed by atoms with van der Waals surface area (Å²) >= 11 is 1.52. The maximum atomic E-state index is 12.1. The van der Waals surface area contributed by atoms with Crippen LogP contribution < -0.4 is 16.0 Å². The maximum absolute atomic E-state index is 12.1. The molecule has 0 bridgehead atoms. The number of anilines is 2. The van der Waals surface area contributed by atoms with Gasteiger partial charge in [0, 0.05) is 10.6 Å². The summed E-state index contributed by atoms with van der Waals surface area (Å²) in [6.45, 7) is 0.898. The Labute approximate surface area is 134 Å². The van der Waals surface area contributed by atoms with E-state index in [0.717, 1.165) is 42.1 Å². The molecule has 1 atom stereocenters. The Bertz CT molecular complexity index is 547. The summed E-state index contributed by atoms with van der Waals surface area (Å²) in [5.41, 5.74) is 1.50. The van der Waals surface area contributed by atoms with Crippen LogP contribution in [0, 0.1) is 0 Å². The highest BCUT2D eigenvalue weighted by atomic mass is 35.5. The molecule has 2 aliphatic rings. The van der Waals surface area contributed by atoms with Crippen molar-refractivity contribution in [2.45, 2.75) is 30.2 Å². The van der Waals surface area contributed by atoms with Crippen molar-refractivity contribution in [1.82, 2.24) is 5.32 Å². The fraction of sp³-hybridized carbons (Fsp3) is 0.429. The van der Waals surface area contributed by atoms with Gasteiger partial charge in [0.2, 0.25) is 11.8 Å². The van der Waals surface area contributed by atoms with Gasteiger partial charge in [0.05, 0.1) is 17.5 Å². The van der Waals surface area contributed by atoms with Crippen LogP contribution in [0.5, 0.6) is 0 Å². The molecule has 5 nitrogen and oxygen atoms in total. The number of nitrogens with one attached hydrogen (secondary N) is 3. The molecule has 1 saturated heterocycles. The smallest absolute Gasteiger partial charge is 0.241 e. The van der Waals surface area contributed by atoms with E-state index in [2.05, 4.69) is 16.0 Å². The van der Waals surface area contributed by atoms with E-state index in [1.54, 1.807) is 0 Å². The molecule has 0 saturated carbocycles. The molecule has 1 fully saturated rings. The van der Waals surface area contributed by atoms with Crippen LogP contribution in [-0.2, 0) is 9.59 Å². The molecule has 114 valence electrons. The van der Waals surface area contributed by atoms with Crippen LogP contribution in [0.2, 0.25) is 0 Å². The molecule has 2 heterocycles. The monoisotopic (exact) mass is 327 g/mol. The second kappa shape index (κ2) is 7.15. The zero-order chi connectivity index (χ0) is 13.9. The van der Waals surface area contributed by atoms with Gasteiger partial charge >= 0.3 is 0 Å². The second-order valence-corrected chi connectivity index (χ2v) is 6.06. The Hall–Kier alpha value is -1.24. The highest BCUT2D eigenvalue weighted by Gasteiger charge is 2.21. The standard InChI is InChI=1S/C14H17N3O2S.ClH/c18-13-8-20-12-5-4-9(7-11(12)17-13)16-14(19)10-3-1-2-6-15-10;/h4-5,7,10,15H,1-3,6,8H2,(H,16,19)(H,17,18);1H. The lowest BCUT2D eigenvalue weighted by Gasteiger charge is -2.23. The lowest BCUT2D eigenvalue weighted by molar-refractivity contribution is -0.118. The largest absolute Gasteiger partial charge is 0.325 e. The first-order valence-electron chi connectivity index (χ1n) is 6.83. The molecule has 21 heavy (non-hydrogen) atoms. The number of carbonyl (C=O) groups is 2. The van der Waals surface area contributed by atoms with Crippen LogP contribution in [0.1, 0.15) is 19.3 Å². The average Bonchev–Trinajstić information content (AvgIpc) is 2.47. The molecule has 2 aliphatic heterocycles. The summed E-state index contributed by atoms with van der Waals surface area (Å²) in [6, 6.07) is 5.52. The molecule has 0 aliphatic carbocycles. The quantitative estimate of drug-likeness (QED) is 0.779. The molecule has 3 rings (SSSR count). The Kier molecular flexibility index (Phi) is 5.50. The van der Waals surface area contributed by atoms with Gasteiger partial charge in [-0.25, -0.2) is 0 Å². The van der Waals surface area contributed by atoms with Gasteiger partial charge in [0.25, 0.3) is 0 Å². The Morgan fingerprint density at radius 2 is 2.19 bits per heavy atom. The number of hydrogen-bond donors (Lipinski definition) is 3. The summed E-state index contributed by atoms with van der Waals surface area (Å²) in [5.74, 6) is 0.449. The van der Waals surface area contributed by atoms with Gasteiger partial charge in [-0.2, -0.15) is 0 Å². The molecule has 0 aromatic heterocycles. The summed E-state index contributed by atoms with van der Waals surface area (Å²) in [7, 11) is 0. The van der Waals surface area contributed by atoms with Crippen LogP contribution in [0.25, 0.3) is 0 Å². The summed E-state index contributed by atoms with van der Waals surface area (Å²) < 4.78 is 0. The van der Waals surface area contributed by atoms with Gasteiger partial charge in [0.15, 0.2) is 0 Å². The molecule has 1 unspecified atom stereocenters. The van der Waals surface area contributed by atoms with Crippen molar-refractivity contribution < 1.29 is 9.59 Å². The number of hydrogen-bond acceptors (Lipinski definition) is 4. The third-order valence-corrected chi connectivity index (χ3v) is 4.58. The van der Waals surface area contributed by atoms with Crippen molar-refractivity contribution >= 4 is 47.4 Å². The highest BCUT2D eigenvalue weighted by Crippen LogP contribution is 2.33. The number of piperidine rings is 1. The molecule has 2 amide bonds. The second-order valence-electron chi connectivity index (χ2n) is 5.04. The summed E-state index contributed by atoms with van der Waals surface area (Å²) in [6.07, 6.45) is 3.09. The SMILES string of the molecule is Cl.O=C1CSc2ccc(NC(=O)C3CCCCN3)cc2N1. The van der Waals surface area contributed by atoms with E-state index < -0.39 is 0 Å². The molecule has 0 spiro atoms. The average molecular weight is 328 g/mol. The number of thioether (sulfide) groups is 1. The number of carbonyl (C=O) groups excluding carboxylic acids is 2. The van der Waals surface area contributed by atoms with Crippen molar-refractivity contribution in [2.75, 3.05) is 22.9 Å². The number of rotatable bonds is 2. The van der Waals surface area contributed by atoms with Crippen molar-refractivity contribution in [3.05, 3.63) is 18.2 Å². The van der Waals surface area contributed by atoms with Gasteiger partial charge in [-0.3, -0.25) is 9.59 Å². The fourth-order valence-corrected chi connectivity index (χ4v) is 3.25. The van der Waals surface area contributed by atoms with Gasteiger partial charge in [-0.15, -0.1) is 24.2 Å². The minimum absolute atomic E-state index is 0. The zero-order valence-electron chi connectivity index (χ0n) is 11.5. The number of halogens is 1. The predicted molar refractivity (Wildman–Crippen MR) is 87.3 cm³/mol. The third kappa shape index (κ3) is 3.90. The minimum Gasteiger partial charge on any atom is -0.325 e. The first kappa shape index (κ1) is 16.1. The van der Waals surface area contributed by atoms with E-state index >= 15 is 0 Å². The number of fused-ring (bicyclic) bond motifs is 1. The summed E-state index contributed by atoms with van der Waals surface area (Å²) in [5, 5.41) is 8.96. The van der Waals surface area contributed by atoms with Crippen LogP contribution in [0.3, 0.4) is 0 Å². The van der Waals surface area contributed by atoms with E-state index in [9.17, 15) is 9.59 Å². The topological polar surface area (TPSA) is 70.2 Å². The first-order valence-corrected chi connectivity index (χ1v) is 7.82. The molecule has 7 heteroatoms. The van der Waals surface area contributed by atoms with Crippen molar-refractivity contribution in [3.63, 3.8) is 0 Å². The highest BCUT2D eigenvalue weighted by molar-refractivity contribution is 8.00. The van der Waals surface area contributed by atoms with E-state index in [1.165, 1.54) is 11.8 Å². The lowest BCUT2D eigenvalue weighted by Crippen LogP contribution is -2.43. The molecule has 1 aromatic carbocycles. The first-order chi connectivity index (χ1) is 9.72. The van der Waals surface area contributed by atoms with Crippen molar-refractivity contribution in [3.8, 4) is 0 Å². The zero-order valence-corrected chi connectivity index (χ0v) is 13.1. The van der Waals surface area contributed by atoms with Gasteiger partial charge < -0.3 is 16.0 Å². The predicted octanol–water partition coefficient (Wildman–Crippen LogP) is 2.23. The molecular weight excluding hydrogens is 310 g/mol. The number of benzene rings is 1. The van der Waals surface area contributed by atoms with Gasteiger partial charge in [0.1, 0.15) is 0 Å². The van der Waals surface area contributed by atoms with Gasteiger partial charge in [-0.1, -0.05) is 6.42 Å². The van der Waals surface area contributed by atoms with E-state index in [-0.39, 0.29) is 30.3 Å². The Morgan fingerprint density at radius 1 is 1.33 bits per heavy atom. The Morgan fingerprint density at radius 3 is 2.95 bits per heavy atom. The van der Waals surface area contributed by atoms with E-state index in [0.29, 0.717) is 5.75 Å². The fourth-order valence-electron chi connectivity index (χ4n) is 2.47. The van der Waals surface area contributed by atoms with Crippen LogP contribution in [-0.4, -0.2) is 30.2 Å². The number of amides is 2. The molecule has 3 N–H and O–H groups in total. The maximum Gasteiger partial charge on any atom is 0.241 e. The van der Waals surface area contributed by atoms with Crippen molar-refractivity contribution in [2.24, 2.45) is 0 Å². The Balaban J connectivity index is 0.00000161. The van der Waals surface area contributed by atoms with Crippen LogP contribution >= 0.6 is 24.2 Å². The van der Waals surface area contributed by atoms with Crippen LogP contribution in [0.4, 0.5) is 11.4 Å². The van der Waals surface area contributed by atoms with Gasteiger partial charge in [-0.05, 0) is 37.6 Å². The normalized spacial score (nSPS) is 20.8. The minimum atomic E-state index is -0.108. The lowest BCUT2D eigenvalue weighted by atomic mass is 10.0. The van der Waals surface area contributed by atoms with E-state index in [4.69, 9.17) is 0 Å². The third-order valence-electron chi connectivity index (χ3n) is 3.51. The molecule has 1 aromatic rings. The van der Waals surface area contributed by atoms with Crippen molar-refractivity contribution in [1.29, 1.82) is 0 Å². The molecular formula is C14H18ClN3O2S. The summed E-state index contributed by atoms with van der Waals surface area (Å²) in [4.78, 5) is 24.6.